The van der Waals surface area contributed by atoms with Crippen LogP contribution in [0.2, 0.25) is 0 Å². The molecule has 5 atom stereocenters. The molecular formula is C24H26N2O8. The van der Waals surface area contributed by atoms with E-state index in [1.807, 2.05) is 19.0 Å². The van der Waals surface area contributed by atoms with Crippen LogP contribution >= 0.6 is 0 Å². The Hall–Kier alpha value is -3.24. The Kier molecular flexibility index (Phi) is 5.77. The molecular weight excluding hydrogens is 444 g/mol. The minimum absolute atomic E-state index is 0.0119. The number of hydrogen-bond acceptors (Lipinski definition) is 9. The number of phenols is 1. The maximum absolute atomic E-state index is 13.4. The van der Waals surface area contributed by atoms with E-state index in [2.05, 4.69) is 0 Å². The molecule has 0 bridgehead atoms. The Labute approximate surface area is 195 Å². The van der Waals surface area contributed by atoms with Gasteiger partial charge in [0.2, 0.25) is 5.91 Å². The van der Waals surface area contributed by atoms with Crippen LogP contribution in [0.15, 0.2) is 12.1 Å². The third-order valence-electron chi connectivity index (χ3n) is 7.37. The molecule has 10 heteroatoms. The van der Waals surface area contributed by atoms with E-state index in [0.717, 1.165) is 0 Å². The summed E-state index contributed by atoms with van der Waals surface area (Å²) in [5.74, 6) is -11.0. The Morgan fingerprint density at radius 2 is 1.79 bits per heavy atom. The molecule has 0 spiro atoms. The molecule has 4 N–H and O–H groups in total. The lowest BCUT2D eigenvalue weighted by molar-refractivity contribution is -0.175. The van der Waals surface area contributed by atoms with Gasteiger partial charge in [-0.15, -0.1) is 0 Å². The molecule has 180 valence electrons. The molecule has 1 aromatic carbocycles. The molecule has 0 heterocycles. The Bertz CT molecular complexity index is 1160. The lowest BCUT2D eigenvalue weighted by Gasteiger charge is -2.48. The number of carbonyl (C=O) groups excluding carboxylic acids is 6. The highest BCUT2D eigenvalue weighted by Gasteiger charge is 2.66. The number of Topliss-reactive ketones (excluding diaryl/α,β-unsaturated/α-hetero) is 5. The van der Waals surface area contributed by atoms with E-state index < -0.39 is 70.5 Å². The first-order chi connectivity index (χ1) is 15.9. The molecule has 10 nitrogen and oxygen atoms in total. The SMILES string of the molecule is CN(C)CCC(=O)c1ccc(O)c2c1C[C@H]1C[C@H]3CC(=O)C(C(N)=O)C(=O)[C@@]3(O)C(=O)C1C2=O. The first-order valence-electron chi connectivity index (χ1n) is 11.1. The standard InChI is InChI=1S/C24H26N2O8/c1-26(2)6-5-14(27)12-3-4-15(28)18-13(12)8-10-7-11-9-16(29)19(23(25)33)22(32)24(11,34)21(31)17(10)20(18)30/h3-4,10-11,17,19,28,34H,5-9H2,1-2H3,(H2,25,33)/t10-,11+,17?,19?,24+/m1/s1. The molecule has 4 rings (SSSR count). The van der Waals surface area contributed by atoms with Crippen molar-refractivity contribution in [3.63, 3.8) is 0 Å². The summed E-state index contributed by atoms with van der Waals surface area (Å²) in [4.78, 5) is 78.5. The van der Waals surface area contributed by atoms with Crippen molar-refractivity contribution >= 4 is 34.8 Å². The highest BCUT2D eigenvalue weighted by atomic mass is 16.3. The summed E-state index contributed by atoms with van der Waals surface area (Å²) in [5.41, 5.74) is 2.92. The number of aromatic hydroxyl groups is 1. The van der Waals surface area contributed by atoms with Crippen molar-refractivity contribution in [2.24, 2.45) is 29.4 Å². The Balaban J connectivity index is 1.76. The highest BCUT2D eigenvalue weighted by Crippen LogP contribution is 2.50. The maximum Gasteiger partial charge on any atom is 0.235 e. The molecule has 3 aliphatic carbocycles. The van der Waals surface area contributed by atoms with Crippen LogP contribution in [0.3, 0.4) is 0 Å². The predicted molar refractivity (Wildman–Crippen MR) is 116 cm³/mol. The summed E-state index contributed by atoms with van der Waals surface area (Å²) in [6.45, 7) is 0.479. The molecule has 2 unspecified atom stereocenters. The zero-order valence-electron chi connectivity index (χ0n) is 18.9. The van der Waals surface area contributed by atoms with Gasteiger partial charge in [0.15, 0.2) is 40.4 Å². The number of ketones is 5. The molecule has 2 saturated carbocycles. The van der Waals surface area contributed by atoms with Crippen molar-refractivity contribution in [3.05, 3.63) is 28.8 Å². The van der Waals surface area contributed by atoms with E-state index in [9.17, 15) is 39.0 Å². The molecule has 3 aliphatic rings. The van der Waals surface area contributed by atoms with Crippen molar-refractivity contribution in [1.29, 1.82) is 0 Å². The van der Waals surface area contributed by atoms with Gasteiger partial charge in [-0.05, 0) is 50.6 Å². The van der Waals surface area contributed by atoms with Crippen molar-refractivity contribution in [2.45, 2.75) is 31.3 Å². The summed E-state index contributed by atoms with van der Waals surface area (Å²) in [7, 11) is 3.63. The van der Waals surface area contributed by atoms with Crippen molar-refractivity contribution in [1.82, 2.24) is 4.90 Å². The second kappa shape index (κ2) is 8.21. The predicted octanol–water partition coefficient (Wildman–Crippen LogP) is -0.539. The average Bonchev–Trinajstić information content (AvgIpc) is 2.74. The van der Waals surface area contributed by atoms with Crippen LogP contribution in [-0.2, 0) is 25.6 Å². The van der Waals surface area contributed by atoms with Crippen LogP contribution in [0.25, 0.3) is 0 Å². The van der Waals surface area contributed by atoms with Crippen LogP contribution in [0.4, 0.5) is 0 Å². The lowest BCUT2D eigenvalue weighted by atomic mass is 9.53. The van der Waals surface area contributed by atoms with E-state index in [4.69, 9.17) is 5.73 Å². The normalized spacial score (nSPS) is 30.6. The number of fused-ring (bicyclic) bond motifs is 3. The Morgan fingerprint density at radius 3 is 2.41 bits per heavy atom. The van der Waals surface area contributed by atoms with E-state index in [-0.39, 0.29) is 36.2 Å². The number of benzene rings is 1. The summed E-state index contributed by atoms with van der Waals surface area (Å²) >= 11 is 0. The van der Waals surface area contributed by atoms with Crippen LogP contribution in [-0.4, -0.2) is 76.2 Å². The fraction of sp³-hybridized carbons (Fsp3) is 0.500. The van der Waals surface area contributed by atoms with Gasteiger partial charge in [-0.2, -0.15) is 0 Å². The van der Waals surface area contributed by atoms with Crippen LogP contribution in [0, 0.1) is 23.7 Å². The van der Waals surface area contributed by atoms with Gasteiger partial charge in [0.1, 0.15) is 5.75 Å². The zero-order chi connectivity index (χ0) is 25.1. The molecule has 0 saturated heterocycles. The third-order valence-corrected chi connectivity index (χ3v) is 7.37. The molecule has 0 aromatic heterocycles. The second-order valence-corrected chi connectivity index (χ2v) is 9.70. The van der Waals surface area contributed by atoms with Gasteiger partial charge >= 0.3 is 0 Å². The summed E-state index contributed by atoms with van der Waals surface area (Å²) in [5, 5.41) is 21.6. The molecule has 34 heavy (non-hydrogen) atoms. The number of nitrogens with zero attached hydrogens (tertiary/aromatic N) is 1. The molecule has 1 aromatic rings. The van der Waals surface area contributed by atoms with E-state index in [0.29, 0.717) is 12.1 Å². The van der Waals surface area contributed by atoms with Crippen molar-refractivity contribution in [2.75, 3.05) is 20.6 Å². The minimum atomic E-state index is -2.68. The smallest absolute Gasteiger partial charge is 0.235 e. The molecule has 0 radical (unpaired) electrons. The number of rotatable bonds is 5. The fourth-order valence-electron chi connectivity index (χ4n) is 5.69. The number of amides is 1. The number of carbonyl (C=O) groups is 6. The summed E-state index contributed by atoms with van der Waals surface area (Å²) in [6, 6.07) is 2.67. The van der Waals surface area contributed by atoms with Gasteiger partial charge in [-0.1, -0.05) is 0 Å². The second-order valence-electron chi connectivity index (χ2n) is 9.70. The number of primary amides is 1. The highest BCUT2D eigenvalue weighted by molar-refractivity contribution is 6.31. The van der Waals surface area contributed by atoms with Crippen LogP contribution < -0.4 is 5.73 Å². The van der Waals surface area contributed by atoms with Crippen LogP contribution in [0.1, 0.15) is 45.5 Å². The molecule has 0 aliphatic heterocycles. The van der Waals surface area contributed by atoms with Gasteiger partial charge < -0.3 is 20.8 Å². The average molecular weight is 470 g/mol. The molecule has 2 fully saturated rings. The monoisotopic (exact) mass is 470 g/mol. The lowest BCUT2D eigenvalue weighted by Crippen LogP contribution is -2.68. The van der Waals surface area contributed by atoms with E-state index in [1.54, 1.807) is 0 Å². The third kappa shape index (κ3) is 3.40. The number of nitrogens with two attached hydrogens (primary N) is 1. The Morgan fingerprint density at radius 1 is 1.12 bits per heavy atom. The summed E-state index contributed by atoms with van der Waals surface area (Å²) < 4.78 is 0. The van der Waals surface area contributed by atoms with Gasteiger partial charge in [0.25, 0.3) is 0 Å². The minimum Gasteiger partial charge on any atom is -0.507 e. The zero-order valence-corrected chi connectivity index (χ0v) is 18.9. The largest absolute Gasteiger partial charge is 0.507 e. The van der Waals surface area contributed by atoms with E-state index in [1.165, 1.54) is 12.1 Å². The maximum atomic E-state index is 13.4. The number of phenolic OH excluding ortho intramolecular Hbond substituents is 1. The van der Waals surface area contributed by atoms with Gasteiger partial charge in [0.05, 0.1) is 11.5 Å². The van der Waals surface area contributed by atoms with Crippen molar-refractivity contribution < 1.29 is 39.0 Å². The fourth-order valence-corrected chi connectivity index (χ4v) is 5.69. The quantitative estimate of drug-likeness (QED) is 0.377. The first kappa shape index (κ1) is 23.9. The first-order valence-corrected chi connectivity index (χ1v) is 11.1. The number of aliphatic hydroxyl groups is 1. The molecule has 1 amide bonds. The topological polar surface area (TPSA) is 172 Å². The van der Waals surface area contributed by atoms with Gasteiger partial charge in [0, 0.05) is 30.9 Å². The van der Waals surface area contributed by atoms with Crippen LogP contribution in [0.5, 0.6) is 5.75 Å². The summed E-state index contributed by atoms with van der Waals surface area (Å²) in [6.07, 6.45) is -0.142. The van der Waals surface area contributed by atoms with E-state index >= 15 is 0 Å². The van der Waals surface area contributed by atoms with Gasteiger partial charge in [-0.25, -0.2) is 0 Å². The van der Waals surface area contributed by atoms with Crippen molar-refractivity contribution in [3.8, 4) is 5.75 Å². The van der Waals surface area contributed by atoms with Gasteiger partial charge in [-0.3, -0.25) is 28.8 Å². The number of hydrogen-bond donors (Lipinski definition) is 3.